The van der Waals surface area contributed by atoms with Crippen LogP contribution in [0.1, 0.15) is 0 Å². The van der Waals surface area contributed by atoms with Gasteiger partial charge in [0, 0.05) is 0 Å². The zero-order valence-corrected chi connectivity index (χ0v) is 15.2. The van der Waals surface area contributed by atoms with E-state index in [0.717, 1.165) is 5.75 Å². The molecule has 5 nitrogen and oxygen atoms in total. The van der Waals surface area contributed by atoms with Gasteiger partial charge in [-0.3, -0.25) is 4.79 Å². The molecule has 0 spiro atoms. The highest BCUT2D eigenvalue weighted by atomic mass is 19.1. The number of carbonyl (C=O) groups is 1. The molecule has 3 rings (SSSR count). The minimum atomic E-state index is -0.474. The molecule has 0 unspecified atom stereocenters. The first-order valence-electron chi connectivity index (χ1n) is 8.90. The van der Waals surface area contributed by atoms with Gasteiger partial charge in [-0.15, -0.1) is 0 Å². The largest absolute Gasteiger partial charge is 0.490 e. The summed E-state index contributed by atoms with van der Waals surface area (Å²) in [6, 6.07) is 22.8. The molecule has 6 heteroatoms. The maximum absolute atomic E-state index is 13.6. The molecule has 144 valence electrons. The molecule has 0 bridgehead atoms. The summed E-state index contributed by atoms with van der Waals surface area (Å²) in [7, 11) is 0. The Hall–Kier alpha value is -3.54. The van der Waals surface area contributed by atoms with Crippen LogP contribution >= 0.6 is 0 Å². The summed E-state index contributed by atoms with van der Waals surface area (Å²) in [6.07, 6.45) is 0. The van der Waals surface area contributed by atoms with E-state index in [1.807, 2.05) is 48.5 Å². The van der Waals surface area contributed by atoms with Crippen LogP contribution < -0.4 is 20.1 Å². The number of anilines is 2. The number of ether oxygens (including phenoxy) is 2. The van der Waals surface area contributed by atoms with Gasteiger partial charge >= 0.3 is 0 Å². The van der Waals surface area contributed by atoms with Crippen LogP contribution in [0.4, 0.5) is 15.8 Å². The third-order valence-corrected chi connectivity index (χ3v) is 3.83. The van der Waals surface area contributed by atoms with E-state index >= 15 is 0 Å². The highest BCUT2D eigenvalue weighted by Gasteiger charge is 2.08. The van der Waals surface area contributed by atoms with Gasteiger partial charge < -0.3 is 20.1 Å². The summed E-state index contributed by atoms with van der Waals surface area (Å²) in [5, 5.41) is 5.54. The van der Waals surface area contributed by atoms with E-state index < -0.39 is 5.82 Å². The molecular weight excluding hydrogens is 359 g/mol. The molecule has 0 aliphatic rings. The van der Waals surface area contributed by atoms with E-state index in [1.54, 1.807) is 18.2 Å². The predicted octanol–water partition coefficient (Wildman–Crippen LogP) is 4.33. The van der Waals surface area contributed by atoms with Crippen molar-refractivity contribution < 1.29 is 18.7 Å². The summed E-state index contributed by atoms with van der Waals surface area (Å²) in [5.41, 5.74) is 0.822. The smallest absolute Gasteiger partial charge is 0.243 e. The topological polar surface area (TPSA) is 59.6 Å². The average molecular weight is 380 g/mol. The van der Waals surface area contributed by atoms with Crippen molar-refractivity contribution in [1.82, 2.24) is 0 Å². The predicted molar refractivity (Wildman–Crippen MR) is 107 cm³/mol. The molecule has 0 aliphatic heterocycles. The molecule has 0 fully saturated rings. The lowest BCUT2D eigenvalue weighted by molar-refractivity contribution is -0.114. The average Bonchev–Trinajstić information content (AvgIpc) is 2.73. The zero-order valence-electron chi connectivity index (χ0n) is 15.2. The van der Waals surface area contributed by atoms with Crippen LogP contribution in [-0.2, 0) is 4.79 Å². The third-order valence-electron chi connectivity index (χ3n) is 3.83. The van der Waals surface area contributed by atoms with Crippen molar-refractivity contribution in [2.45, 2.75) is 0 Å². The second-order valence-electron chi connectivity index (χ2n) is 5.89. The highest BCUT2D eigenvalue weighted by Crippen LogP contribution is 2.23. The molecule has 28 heavy (non-hydrogen) atoms. The number of carbonyl (C=O) groups excluding carboxylic acids is 1. The number of para-hydroxylation sites is 4. The quantitative estimate of drug-likeness (QED) is 0.543. The lowest BCUT2D eigenvalue weighted by Crippen LogP contribution is -2.22. The van der Waals surface area contributed by atoms with Crippen molar-refractivity contribution >= 4 is 17.3 Å². The van der Waals surface area contributed by atoms with E-state index in [1.165, 1.54) is 12.1 Å². The van der Waals surface area contributed by atoms with Gasteiger partial charge in [0.15, 0.2) is 0 Å². The van der Waals surface area contributed by atoms with Gasteiger partial charge in [-0.1, -0.05) is 42.5 Å². The first kappa shape index (κ1) is 19.2. The fourth-order valence-electron chi connectivity index (χ4n) is 2.50. The van der Waals surface area contributed by atoms with E-state index in [-0.39, 0.29) is 18.1 Å². The maximum Gasteiger partial charge on any atom is 0.243 e. The lowest BCUT2D eigenvalue weighted by Gasteiger charge is -2.14. The monoisotopic (exact) mass is 380 g/mol. The first-order valence-corrected chi connectivity index (χ1v) is 8.90. The van der Waals surface area contributed by atoms with Crippen LogP contribution in [0.3, 0.4) is 0 Å². The number of hydrogen-bond donors (Lipinski definition) is 2. The Morgan fingerprint density at radius 1 is 0.786 bits per heavy atom. The van der Waals surface area contributed by atoms with Gasteiger partial charge in [-0.05, 0) is 36.4 Å². The van der Waals surface area contributed by atoms with Gasteiger partial charge in [0.1, 0.15) is 30.5 Å². The summed E-state index contributed by atoms with van der Waals surface area (Å²) in [5.74, 6) is 0.561. The number of benzene rings is 3. The Labute approximate surface area is 163 Å². The molecule has 0 aromatic heterocycles. The second-order valence-corrected chi connectivity index (χ2v) is 5.89. The van der Waals surface area contributed by atoms with Gasteiger partial charge in [0.2, 0.25) is 5.91 Å². The number of amides is 1. The van der Waals surface area contributed by atoms with E-state index in [2.05, 4.69) is 10.6 Å². The van der Waals surface area contributed by atoms with Gasteiger partial charge in [0.05, 0.1) is 17.9 Å². The van der Waals surface area contributed by atoms with Crippen molar-refractivity contribution in [2.24, 2.45) is 0 Å². The minimum absolute atomic E-state index is 0.0186. The molecule has 3 aromatic carbocycles. The second kappa shape index (κ2) is 9.97. The summed E-state index contributed by atoms with van der Waals surface area (Å²) < 4.78 is 25.0. The summed E-state index contributed by atoms with van der Waals surface area (Å²) in [6.45, 7) is 0.732. The Balaban J connectivity index is 1.48. The summed E-state index contributed by atoms with van der Waals surface area (Å²) >= 11 is 0. The molecule has 1 amide bonds. The van der Waals surface area contributed by atoms with Gasteiger partial charge in [0.25, 0.3) is 0 Å². The standard InChI is InChI=1S/C22H21FN2O3/c23-18-10-4-5-11-19(18)25-22(26)16-24-20-12-6-7-13-21(20)28-15-14-27-17-8-2-1-3-9-17/h1-13,24H,14-16H2,(H,25,26). The molecule has 3 aromatic rings. The number of nitrogens with one attached hydrogen (secondary N) is 2. The fraction of sp³-hybridized carbons (Fsp3) is 0.136. The van der Waals surface area contributed by atoms with Gasteiger partial charge in [-0.25, -0.2) is 4.39 Å². The van der Waals surface area contributed by atoms with Crippen molar-refractivity contribution in [2.75, 3.05) is 30.4 Å². The van der Waals surface area contributed by atoms with Crippen molar-refractivity contribution in [3.05, 3.63) is 84.7 Å². The van der Waals surface area contributed by atoms with Crippen molar-refractivity contribution in [3.63, 3.8) is 0 Å². The Kier molecular flexibility index (Phi) is 6.84. The molecule has 0 radical (unpaired) electrons. The number of hydrogen-bond acceptors (Lipinski definition) is 4. The highest BCUT2D eigenvalue weighted by molar-refractivity contribution is 5.94. The fourth-order valence-corrected chi connectivity index (χ4v) is 2.50. The molecule has 0 saturated heterocycles. The van der Waals surface area contributed by atoms with Crippen LogP contribution in [-0.4, -0.2) is 25.7 Å². The first-order chi connectivity index (χ1) is 13.7. The normalized spacial score (nSPS) is 10.2. The molecule has 0 saturated carbocycles. The number of rotatable bonds is 9. The maximum atomic E-state index is 13.6. The minimum Gasteiger partial charge on any atom is -0.490 e. The zero-order chi connectivity index (χ0) is 19.6. The van der Waals surface area contributed by atoms with E-state index in [4.69, 9.17) is 9.47 Å². The van der Waals surface area contributed by atoms with Crippen LogP contribution in [0.2, 0.25) is 0 Å². The Morgan fingerprint density at radius 2 is 1.43 bits per heavy atom. The third kappa shape index (κ3) is 5.74. The lowest BCUT2D eigenvalue weighted by atomic mass is 10.3. The van der Waals surface area contributed by atoms with Crippen molar-refractivity contribution in [1.29, 1.82) is 0 Å². The van der Waals surface area contributed by atoms with Gasteiger partial charge in [-0.2, -0.15) is 0 Å². The van der Waals surface area contributed by atoms with Crippen LogP contribution in [0.25, 0.3) is 0 Å². The molecule has 0 aliphatic carbocycles. The van der Waals surface area contributed by atoms with Crippen LogP contribution in [0, 0.1) is 5.82 Å². The number of halogens is 1. The molecule has 2 N–H and O–H groups in total. The molecule has 0 heterocycles. The SMILES string of the molecule is O=C(CNc1ccccc1OCCOc1ccccc1)Nc1ccccc1F. The van der Waals surface area contributed by atoms with E-state index in [9.17, 15) is 9.18 Å². The molecule has 0 atom stereocenters. The Morgan fingerprint density at radius 3 is 2.21 bits per heavy atom. The van der Waals surface area contributed by atoms with E-state index in [0.29, 0.717) is 24.7 Å². The Bertz CT molecular complexity index is 903. The molecular formula is C22H21FN2O3. The summed E-state index contributed by atoms with van der Waals surface area (Å²) in [4.78, 5) is 12.1. The van der Waals surface area contributed by atoms with Crippen LogP contribution in [0.15, 0.2) is 78.9 Å². The van der Waals surface area contributed by atoms with Crippen LogP contribution in [0.5, 0.6) is 11.5 Å². The van der Waals surface area contributed by atoms with Crippen molar-refractivity contribution in [3.8, 4) is 11.5 Å².